The highest BCUT2D eigenvalue weighted by atomic mass is 19.3. The van der Waals surface area contributed by atoms with Crippen LogP contribution in [-0.2, 0) is 15.6 Å². The fourth-order valence-corrected chi connectivity index (χ4v) is 6.73. The van der Waals surface area contributed by atoms with Gasteiger partial charge in [0.05, 0.1) is 16.7 Å². The first-order valence-electron chi connectivity index (χ1n) is 14.5. The number of esters is 2. The monoisotopic (exact) mass is 586 g/mol. The molecule has 0 saturated carbocycles. The van der Waals surface area contributed by atoms with Gasteiger partial charge in [-0.2, -0.15) is 8.78 Å². The number of carbonyl (C=O) groups is 2. The second-order valence-corrected chi connectivity index (χ2v) is 14.4. The summed E-state index contributed by atoms with van der Waals surface area (Å²) in [5.74, 6) is -1.17. The zero-order valence-corrected chi connectivity index (χ0v) is 25.9. The molecule has 2 aliphatic rings. The number of halogens is 2. The lowest BCUT2D eigenvalue weighted by Crippen LogP contribution is -2.59. The SMILES string of the molecule is CC1(C)CC(OC(=O)c2ccc(OC(F)(F)c3ccc(C(=O)OC4CC(C)(C)NC(C)(C)C4)cc3)cc2)CC(C)(C)N1. The minimum atomic E-state index is -3.67. The fraction of sp³-hybridized carbons (Fsp3) is 0.576. The van der Waals surface area contributed by atoms with E-state index in [0.717, 1.165) is 12.1 Å². The zero-order valence-electron chi connectivity index (χ0n) is 25.9. The van der Waals surface area contributed by atoms with E-state index in [1.807, 2.05) is 0 Å². The molecule has 0 atom stereocenters. The lowest BCUT2D eigenvalue weighted by molar-refractivity contribution is -0.185. The van der Waals surface area contributed by atoms with E-state index in [0.29, 0.717) is 25.7 Å². The number of carbonyl (C=O) groups excluding carboxylic acids is 2. The van der Waals surface area contributed by atoms with Crippen LogP contribution >= 0.6 is 0 Å². The standard InChI is InChI=1S/C33H44F2N2O5/c1-29(2)17-25(18-30(3,4)36-29)40-27(38)21-9-13-23(14-10-21)33(34,35)42-24-15-11-22(12-16-24)28(39)41-26-19-31(5,6)37-32(7,8)20-26/h9-16,25-26,36-37H,17-20H2,1-8H3. The first-order valence-corrected chi connectivity index (χ1v) is 14.5. The number of nitrogens with one attached hydrogen (secondary N) is 2. The van der Waals surface area contributed by atoms with E-state index in [9.17, 15) is 18.4 Å². The van der Waals surface area contributed by atoms with Crippen molar-refractivity contribution in [2.45, 2.75) is 122 Å². The third-order valence-electron chi connectivity index (χ3n) is 7.65. The van der Waals surface area contributed by atoms with Crippen LogP contribution in [0.4, 0.5) is 8.78 Å². The molecule has 0 amide bonds. The molecule has 2 aliphatic heterocycles. The third-order valence-corrected chi connectivity index (χ3v) is 7.65. The molecular weight excluding hydrogens is 542 g/mol. The van der Waals surface area contributed by atoms with Gasteiger partial charge >= 0.3 is 18.0 Å². The van der Waals surface area contributed by atoms with Crippen LogP contribution in [0.5, 0.6) is 5.75 Å². The molecule has 230 valence electrons. The smallest absolute Gasteiger partial charge is 0.426 e. The van der Waals surface area contributed by atoms with E-state index in [1.54, 1.807) is 0 Å². The van der Waals surface area contributed by atoms with Crippen molar-refractivity contribution >= 4 is 11.9 Å². The van der Waals surface area contributed by atoms with Gasteiger partial charge in [0, 0.05) is 47.8 Å². The van der Waals surface area contributed by atoms with E-state index in [1.165, 1.54) is 36.4 Å². The molecule has 2 aromatic carbocycles. The van der Waals surface area contributed by atoms with Crippen LogP contribution in [0.3, 0.4) is 0 Å². The van der Waals surface area contributed by atoms with Crippen LogP contribution in [-0.4, -0.2) is 46.3 Å². The van der Waals surface area contributed by atoms with Gasteiger partial charge in [-0.05, 0) is 104 Å². The van der Waals surface area contributed by atoms with Crippen molar-refractivity contribution < 1.29 is 32.6 Å². The van der Waals surface area contributed by atoms with Crippen molar-refractivity contribution in [2.75, 3.05) is 0 Å². The van der Waals surface area contributed by atoms with E-state index in [2.05, 4.69) is 66.0 Å². The van der Waals surface area contributed by atoms with Gasteiger partial charge in [0.1, 0.15) is 18.0 Å². The number of ether oxygens (including phenoxy) is 3. The Balaban J connectivity index is 1.35. The first kappa shape index (κ1) is 31.9. The molecule has 0 aromatic heterocycles. The third kappa shape index (κ3) is 8.28. The number of hydrogen-bond donors (Lipinski definition) is 2. The number of rotatable bonds is 7. The quantitative estimate of drug-likeness (QED) is 0.347. The van der Waals surface area contributed by atoms with Crippen LogP contribution in [0.2, 0.25) is 0 Å². The maximum Gasteiger partial charge on any atom is 0.426 e. The summed E-state index contributed by atoms with van der Waals surface area (Å²) in [5, 5.41) is 7.08. The summed E-state index contributed by atoms with van der Waals surface area (Å²) in [5.41, 5.74) is -0.740. The summed E-state index contributed by atoms with van der Waals surface area (Å²) in [4.78, 5) is 25.5. The molecular formula is C33H44F2N2O5. The Labute approximate surface area is 247 Å². The Morgan fingerprint density at radius 1 is 0.643 bits per heavy atom. The lowest BCUT2D eigenvalue weighted by atomic mass is 9.81. The lowest BCUT2D eigenvalue weighted by Gasteiger charge is -2.45. The molecule has 2 saturated heterocycles. The topological polar surface area (TPSA) is 85.9 Å². The van der Waals surface area contributed by atoms with Crippen molar-refractivity contribution in [3.05, 3.63) is 65.2 Å². The summed E-state index contributed by atoms with van der Waals surface area (Å²) in [6.07, 6.45) is -1.58. The van der Waals surface area contributed by atoms with Gasteiger partial charge in [0.2, 0.25) is 0 Å². The van der Waals surface area contributed by atoms with Gasteiger partial charge in [-0.15, -0.1) is 0 Å². The normalized spacial score (nSPS) is 21.8. The average molecular weight is 587 g/mol. The molecule has 4 rings (SSSR count). The minimum Gasteiger partial charge on any atom is -0.459 e. The first-order chi connectivity index (χ1) is 19.2. The van der Waals surface area contributed by atoms with E-state index >= 15 is 0 Å². The van der Waals surface area contributed by atoms with Gasteiger partial charge < -0.3 is 24.8 Å². The second-order valence-electron chi connectivity index (χ2n) is 14.4. The fourth-order valence-electron chi connectivity index (χ4n) is 6.73. The van der Waals surface area contributed by atoms with Crippen LogP contribution in [0.15, 0.2) is 48.5 Å². The van der Waals surface area contributed by atoms with Crippen molar-refractivity contribution in [2.24, 2.45) is 0 Å². The molecule has 42 heavy (non-hydrogen) atoms. The molecule has 9 heteroatoms. The van der Waals surface area contributed by atoms with Crippen molar-refractivity contribution in [3.8, 4) is 5.75 Å². The maximum absolute atomic E-state index is 15.0. The summed E-state index contributed by atoms with van der Waals surface area (Å²) >= 11 is 0. The summed E-state index contributed by atoms with van der Waals surface area (Å²) in [6, 6.07) is 10.4. The van der Waals surface area contributed by atoms with Gasteiger partial charge in [-0.1, -0.05) is 0 Å². The van der Waals surface area contributed by atoms with Crippen LogP contribution in [0, 0.1) is 0 Å². The number of alkyl halides is 2. The Morgan fingerprint density at radius 3 is 1.33 bits per heavy atom. The molecule has 0 unspecified atom stereocenters. The van der Waals surface area contributed by atoms with Gasteiger partial charge in [0.25, 0.3) is 0 Å². The van der Waals surface area contributed by atoms with Gasteiger partial charge in [0.15, 0.2) is 0 Å². The maximum atomic E-state index is 15.0. The highest BCUT2D eigenvalue weighted by Gasteiger charge is 2.41. The van der Waals surface area contributed by atoms with Gasteiger partial charge in [-0.3, -0.25) is 0 Å². The number of benzene rings is 2. The molecule has 2 fully saturated rings. The Kier molecular flexibility index (Phi) is 8.52. The zero-order chi connectivity index (χ0) is 31.1. The number of hydrogen-bond acceptors (Lipinski definition) is 7. The van der Waals surface area contributed by atoms with E-state index in [-0.39, 0.29) is 51.2 Å². The predicted octanol–water partition coefficient (Wildman–Crippen LogP) is 6.75. The van der Waals surface area contributed by atoms with Crippen LogP contribution in [0.25, 0.3) is 0 Å². The molecule has 0 spiro atoms. The number of piperidine rings is 2. The van der Waals surface area contributed by atoms with Crippen LogP contribution in [0.1, 0.15) is 107 Å². The molecule has 0 aliphatic carbocycles. The summed E-state index contributed by atoms with van der Waals surface area (Å²) in [6.45, 7) is 16.5. The highest BCUT2D eigenvalue weighted by molar-refractivity contribution is 5.90. The largest absolute Gasteiger partial charge is 0.459 e. The molecule has 7 nitrogen and oxygen atoms in total. The minimum absolute atomic E-state index is 0.111. The molecule has 2 aromatic rings. The molecule has 0 bridgehead atoms. The second kappa shape index (κ2) is 11.2. The molecule has 2 N–H and O–H groups in total. The summed E-state index contributed by atoms with van der Waals surface area (Å²) < 4.78 is 46.4. The molecule has 2 heterocycles. The van der Waals surface area contributed by atoms with Crippen molar-refractivity contribution in [1.29, 1.82) is 0 Å². The van der Waals surface area contributed by atoms with Gasteiger partial charge in [-0.25, -0.2) is 9.59 Å². The van der Waals surface area contributed by atoms with E-state index in [4.69, 9.17) is 14.2 Å². The Bertz CT molecular complexity index is 1250. The average Bonchev–Trinajstić information content (AvgIpc) is 2.80. The Hall–Kier alpha value is -3.04. The van der Waals surface area contributed by atoms with Crippen molar-refractivity contribution in [1.82, 2.24) is 10.6 Å². The molecule has 0 radical (unpaired) electrons. The highest BCUT2D eigenvalue weighted by Crippen LogP contribution is 2.34. The predicted molar refractivity (Wildman–Crippen MR) is 157 cm³/mol. The summed E-state index contributed by atoms with van der Waals surface area (Å²) in [7, 11) is 0. The Morgan fingerprint density at radius 2 is 0.976 bits per heavy atom. The van der Waals surface area contributed by atoms with Crippen LogP contribution < -0.4 is 15.4 Å². The van der Waals surface area contributed by atoms with E-state index < -0.39 is 23.6 Å². The van der Waals surface area contributed by atoms with Crippen molar-refractivity contribution in [3.63, 3.8) is 0 Å².